The summed E-state index contributed by atoms with van der Waals surface area (Å²) in [5.41, 5.74) is 0.206. The second-order valence-corrected chi connectivity index (χ2v) is 9.95. The van der Waals surface area contributed by atoms with E-state index >= 15 is 0 Å². The Morgan fingerprint density at radius 3 is 2.13 bits per heavy atom. The van der Waals surface area contributed by atoms with Crippen molar-refractivity contribution in [1.29, 1.82) is 0 Å². The lowest BCUT2D eigenvalue weighted by Crippen LogP contribution is -2.55. The van der Waals surface area contributed by atoms with E-state index in [0.29, 0.717) is 5.56 Å². The van der Waals surface area contributed by atoms with Gasteiger partial charge in [-0.1, -0.05) is 42.5 Å². The Labute approximate surface area is 182 Å². The summed E-state index contributed by atoms with van der Waals surface area (Å²) < 4.78 is 41.9. The maximum Gasteiger partial charge on any atom is 0.244 e. The van der Waals surface area contributed by atoms with Crippen molar-refractivity contribution in [2.75, 3.05) is 0 Å². The van der Waals surface area contributed by atoms with Gasteiger partial charge in [0, 0.05) is 5.54 Å². The molecule has 2 amide bonds. The summed E-state index contributed by atoms with van der Waals surface area (Å²) in [6, 6.07) is 11.6. The molecule has 0 bridgehead atoms. The summed E-state index contributed by atoms with van der Waals surface area (Å²) in [7, 11) is -4.33. The maximum absolute atomic E-state index is 14.1. The van der Waals surface area contributed by atoms with Crippen LogP contribution in [0.4, 0.5) is 4.39 Å². The fourth-order valence-corrected chi connectivity index (χ4v) is 4.08. The third kappa shape index (κ3) is 7.45. The molecule has 0 saturated carbocycles. The van der Waals surface area contributed by atoms with Crippen molar-refractivity contribution in [3.05, 3.63) is 66.0 Å². The normalized spacial score (nSPS) is 13.8. The van der Waals surface area contributed by atoms with Crippen LogP contribution in [0.3, 0.4) is 0 Å². The second kappa shape index (κ2) is 10.0. The molecular weight excluding hydrogens is 421 g/mol. The summed E-state index contributed by atoms with van der Waals surface area (Å²) in [6.07, 6.45) is 0.0218. The summed E-state index contributed by atoms with van der Waals surface area (Å²) in [5.74, 6) is -2.02. The van der Waals surface area contributed by atoms with E-state index in [-0.39, 0.29) is 6.42 Å². The first-order chi connectivity index (χ1) is 14.4. The highest BCUT2D eigenvalue weighted by atomic mass is 32.2. The van der Waals surface area contributed by atoms with Gasteiger partial charge in [0.25, 0.3) is 0 Å². The molecule has 0 aliphatic rings. The Morgan fingerprint density at radius 2 is 1.55 bits per heavy atom. The number of hydrogen-bond donors (Lipinski definition) is 3. The van der Waals surface area contributed by atoms with Crippen LogP contribution in [0, 0.1) is 5.82 Å². The van der Waals surface area contributed by atoms with Crippen molar-refractivity contribution in [3.63, 3.8) is 0 Å². The number of carbonyl (C=O) groups excluding carboxylic acids is 2. The third-order valence-corrected chi connectivity index (χ3v) is 5.78. The first-order valence-corrected chi connectivity index (χ1v) is 11.3. The van der Waals surface area contributed by atoms with Gasteiger partial charge in [0.2, 0.25) is 21.8 Å². The van der Waals surface area contributed by atoms with E-state index in [2.05, 4.69) is 15.4 Å². The quantitative estimate of drug-likeness (QED) is 0.574. The third-order valence-electron chi connectivity index (χ3n) is 4.27. The molecule has 2 aromatic rings. The first kappa shape index (κ1) is 24.5. The molecule has 168 valence electrons. The molecule has 2 atom stereocenters. The van der Waals surface area contributed by atoms with E-state index in [1.165, 1.54) is 19.1 Å². The van der Waals surface area contributed by atoms with Crippen LogP contribution in [0.25, 0.3) is 0 Å². The molecule has 0 fully saturated rings. The minimum absolute atomic E-state index is 0.0218. The highest BCUT2D eigenvalue weighted by Gasteiger charge is 2.30. The Bertz CT molecular complexity index is 1020. The molecule has 2 aromatic carbocycles. The van der Waals surface area contributed by atoms with Gasteiger partial charge in [-0.25, -0.2) is 12.8 Å². The number of amides is 2. The van der Waals surface area contributed by atoms with E-state index in [4.69, 9.17) is 0 Å². The smallest absolute Gasteiger partial charge is 0.244 e. The predicted octanol–water partition coefficient (Wildman–Crippen LogP) is 2.13. The SMILES string of the molecule is C[C@@H](NC(=O)[C@H](Cc1ccccc1)NS(=O)(=O)c1ccccc1F)C(=O)NC(C)(C)C. The van der Waals surface area contributed by atoms with E-state index in [1.54, 1.807) is 51.1 Å². The zero-order chi connectivity index (χ0) is 23.2. The Morgan fingerprint density at radius 1 is 0.968 bits per heavy atom. The molecule has 9 heteroatoms. The molecule has 3 N–H and O–H groups in total. The zero-order valence-electron chi connectivity index (χ0n) is 18.0. The lowest BCUT2D eigenvalue weighted by atomic mass is 10.1. The van der Waals surface area contributed by atoms with Crippen LogP contribution in [0.1, 0.15) is 33.3 Å². The van der Waals surface area contributed by atoms with E-state index in [1.807, 2.05) is 0 Å². The van der Waals surface area contributed by atoms with Crippen molar-refractivity contribution in [2.45, 2.75) is 56.6 Å². The zero-order valence-corrected chi connectivity index (χ0v) is 18.8. The van der Waals surface area contributed by atoms with Crippen molar-refractivity contribution in [3.8, 4) is 0 Å². The van der Waals surface area contributed by atoms with Crippen LogP contribution in [0.5, 0.6) is 0 Å². The molecule has 0 radical (unpaired) electrons. The predicted molar refractivity (Wildman–Crippen MR) is 116 cm³/mol. The van der Waals surface area contributed by atoms with Crippen molar-refractivity contribution < 1.29 is 22.4 Å². The van der Waals surface area contributed by atoms with Crippen LogP contribution in [0.2, 0.25) is 0 Å². The molecule has 0 heterocycles. The average Bonchev–Trinajstić information content (AvgIpc) is 2.67. The fraction of sp³-hybridized carbons (Fsp3) is 0.364. The van der Waals surface area contributed by atoms with Gasteiger partial charge in [0.05, 0.1) is 0 Å². The fourth-order valence-electron chi connectivity index (χ4n) is 2.81. The molecule has 31 heavy (non-hydrogen) atoms. The second-order valence-electron chi connectivity index (χ2n) is 8.26. The van der Waals surface area contributed by atoms with Crippen molar-refractivity contribution in [1.82, 2.24) is 15.4 Å². The van der Waals surface area contributed by atoms with Crippen LogP contribution in [-0.4, -0.2) is 37.9 Å². The van der Waals surface area contributed by atoms with Crippen LogP contribution >= 0.6 is 0 Å². The Kier molecular flexibility index (Phi) is 7.91. The van der Waals surface area contributed by atoms with Gasteiger partial charge < -0.3 is 10.6 Å². The molecule has 0 aliphatic carbocycles. The number of rotatable bonds is 8. The standard InChI is InChI=1S/C22H28FN3O4S/c1-15(20(27)25-22(2,3)4)24-21(28)18(14-16-10-6-5-7-11-16)26-31(29,30)19-13-9-8-12-17(19)23/h5-13,15,18,26H,14H2,1-4H3,(H,24,28)(H,25,27)/t15-,18+/m1/s1. The van der Waals surface area contributed by atoms with Gasteiger partial charge in [-0.3, -0.25) is 9.59 Å². The van der Waals surface area contributed by atoms with Gasteiger partial charge >= 0.3 is 0 Å². The highest BCUT2D eigenvalue weighted by Crippen LogP contribution is 2.15. The monoisotopic (exact) mass is 449 g/mol. The van der Waals surface area contributed by atoms with E-state index < -0.39 is 50.2 Å². The molecule has 2 rings (SSSR count). The maximum atomic E-state index is 14.1. The van der Waals surface area contributed by atoms with Gasteiger partial charge in [-0.05, 0) is 51.8 Å². The van der Waals surface area contributed by atoms with E-state index in [9.17, 15) is 22.4 Å². The molecule has 0 aliphatic heterocycles. The lowest BCUT2D eigenvalue weighted by molar-refractivity contribution is -0.130. The minimum atomic E-state index is -4.33. The molecule has 0 saturated heterocycles. The molecule has 0 aromatic heterocycles. The van der Waals surface area contributed by atoms with Gasteiger partial charge in [-0.2, -0.15) is 4.72 Å². The van der Waals surface area contributed by atoms with Gasteiger partial charge in [-0.15, -0.1) is 0 Å². The number of hydrogen-bond acceptors (Lipinski definition) is 4. The number of sulfonamides is 1. The lowest BCUT2D eigenvalue weighted by Gasteiger charge is -2.25. The Hall–Kier alpha value is -2.78. The van der Waals surface area contributed by atoms with Gasteiger partial charge in [0.15, 0.2) is 0 Å². The summed E-state index contributed by atoms with van der Waals surface area (Å²) in [4.78, 5) is 24.7. The number of nitrogens with one attached hydrogen (secondary N) is 3. The number of halogens is 1. The minimum Gasteiger partial charge on any atom is -0.350 e. The first-order valence-electron chi connectivity index (χ1n) is 9.82. The summed E-state index contributed by atoms with van der Waals surface area (Å²) in [6.45, 7) is 6.92. The molecule has 7 nitrogen and oxygen atoms in total. The van der Waals surface area contributed by atoms with Gasteiger partial charge in [0.1, 0.15) is 22.8 Å². The summed E-state index contributed by atoms with van der Waals surface area (Å²) in [5, 5.41) is 5.29. The topological polar surface area (TPSA) is 104 Å². The average molecular weight is 450 g/mol. The highest BCUT2D eigenvalue weighted by molar-refractivity contribution is 7.89. The number of carbonyl (C=O) groups is 2. The molecule has 0 unspecified atom stereocenters. The largest absolute Gasteiger partial charge is 0.350 e. The molecular formula is C22H28FN3O4S. The van der Waals surface area contributed by atoms with Crippen LogP contribution in [0.15, 0.2) is 59.5 Å². The van der Waals surface area contributed by atoms with Crippen LogP contribution in [-0.2, 0) is 26.0 Å². The van der Waals surface area contributed by atoms with Crippen LogP contribution < -0.4 is 15.4 Å². The Balaban J connectivity index is 2.25. The summed E-state index contributed by atoms with van der Waals surface area (Å²) >= 11 is 0. The molecule has 0 spiro atoms. The van der Waals surface area contributed by atoms with Crippen molar-refractivity contribution >= 4 is 21.8 Å². The number of benzene rings is 2. The van der Waals surface area contributed by atoms with E-state index in [0.717, 1.165) is 12.1 Å². The van der Waals surface area contributed by atoms with Crippen molar-refractivity contribution in [2.24, 2.45) is 0 Å².